The quantitative estimate of drug-likeness (QED) is 0.453. The van der Waals surface area contributed by atoms with Crippen molar-refractivity contribution in [3.63, 3.8) is 0 Å². The minimum Gasteiger partial charge on any atom is -0.475 e. The Labute approximate surface area is 225 Å². The van der Waals surface area contributed by atoms with Crippen molar-refractivity contribution in [1.29, 1.82) is 0 Å². The van der Waals surface area contributed by atoms with Gasteiger partial charge in [-0.3, -0.25) is 4.79 Å². The predicted molar refractivity (Wildman–Crippen MR) is 139 cm³/mol. The molecule has 2 aromatic carbocycles. The van der Waals surface area contributed by atoms with E-state index in [9.17, 15) is 26.4 Å². The van der Waals surface area contributed by atoms with Crippen LogP contribution in [0.5, 0.6) is 0 Å². The molecular weight excluding hydrogens is 547 g/mol. The van der Waals surface area contributed by atoms with Crippen molar-refractivity contribution in [3.05, 3.63) is 59.1 Å². The molecule has 0 bridgehead atoms. The second kappa shape index (κ2) is 13.8. The van der Waals surface area contributed by atoms with Crippen LogP contribution in [0.3, 0.4) is 0 Å². The van der Waals surface area contributed by atoms with Gasteiger partial charge in [0.25, 0.3) is 0 Å². The number of rotatable bonds is 8. The van der Waals surface area contributed by atoms with Crippen molar-refractivity contribution in [2.75, 3.05) is 38.1 Å². The number of carboxylic acid groups (broad SMARTS) is 1. The maximum atomic E-state index is 13.2. The van der Waals surface area contributed by atoms with Crippen LogP contribution < -0.4 is 10.2 Å². The van der Waals surface area contributed by atoms with Crippen LogP contribution in [0.1, 0.15) is 24.8 Å². The summed E-state index contributed by atoms with van der Waals surface area (Å²) in [5.74, 6) is -3.19. The summed E-state index contributed by atoms with van der Waals surface area (Å²) in [7, 11) is -1.72. The molecule has 2 aromatic rings. The lowest BCUT2D eigenvalue weighted by Gasteiger charge is -2.32. The summed E-state index contributed by atoms with van der Waals surface area (Å²) in [6.45, 7) is 3.70. The first-order valence-electron chi connectivity index (χ1n) is 11.8. The highest BCUT2D eigenvalue weighted by atomic mass is 35.5. The Hall–Kier alpha value is -2.83. The number of amides is 1. The number of sulfonamides is 1. The fourth-order valence-corrected chi connectivity index (χ4v) is 6.24. The monoisotopic (exact) mass is 577 g/mol. The smallest absolute Gasteiger partial charge is 0.475 e. The van der Waals surface area contributed by atoms with E-state index in [1.54, 1.807) is 25.1 Å². The number of para-hydroxylation sites is 1. The van der Waals surface area contributed by atoms with E-state index in [1.165, 1.54) is 4.31 Å². The number of nitrogens with one attached hydrogen (secondary N) is 1. The molecule has 2 N–H and O–H groups in total. The van der Waals surface area contributed by atoms with Crippen LogP contribution in [0.15, 0.2) is 53.4 Å². The fraction of sp³-hybridized carbons (Fsp3) is 0.440. The Morgan fingerprint density at radius 3 is 2.37 bits per heavy atom. The third-order valence-corrected chi connectivity index (χ3v) is 8.42. The summed E-state index contributed by atoms with van der Waals surface area (Å²) in [5.41, 5.74) is 1.75. The number of anilines is 1. The molecule has 1 aliphatic rings. The summed E-state index contributed by atoms with van der Waals surface area (Å²) in [5, 5.41) is 10.3. The molecule has 1 atom stereocenters. The normalized spacial score (nSPS) is 16.2. The summed E-state index contributed by atoms with van der Waals surface area (Å²) < 4.78 is 59.5. The zero-order valence-corrected chi connectivity index (χ0v) is 22.6. The van der Waals surface area contributed by atoms with E-state index in [0.29, 0.717) is 31.5 Å². The molecular formula is C25H31ClF3N3O5S. The van der Waals surface area contributed by atoms with Gasteiger partial charge in [-0.1, -0.05) is 41.9 Å². The molecule has 8 nitrogen and oxygen atoms in total. The lowest BCUT2D eigenvalue weighted by Crippen LogP contribution is -2.45. The van der Waals surface area contributed by atoms with E-state index >= 15 is 0 Å². The van der Waals surface area contributed by atoms with Crippen molar-refractivity contribution in [1.82, 2.24) is 9.62 Å². The number of halogens is 4. The van der Waals surface area contributed by atoms with Crippen molar-refractivity contribution in [3.8, 4) is 0 Å². The summed E-state index contributed by atoms with van der Waals surface area (Å²) in [4.78, 5) is 23.9. The van der Waals surface area contributed by atoms with Crippen LogP contribution in [0.2, 0.25) is 5.02 Å². The molecule has 1 fully saturated rings. The van der Waals surface area contributed by atoms with Crippen LogP contribution in [-0.2, 0) is 19.6 Å². The molecule has 1 saturated heterocycles. The minimum absolute atomic E-state index is 0.0851. The van der Waals surface area contributed by atoms with Crippen molar-refractivity contribution in [2.45, 2.75) is 37.3 Å². The van der Waals surface area contributed by atoms with Crippen molar-refractivity contribution < 1.29 is 36.3 Å². The van der Waals surface area contributed by atoms with Gasteiger partial charge >= 0.3 is 12.1 Å². The standard InChI is InChI=1S/C23H30ClN3O3S.C2HF3O2/c1-18-9-6-13-21(24)22(18)31(29,30)27-16-7-10-19(17-27)23(28)25-14-8-15-26(2)20-11-4-3-5-12-20;3-2(4,5)1(6)7/h3-6,9,11-13,19H,7-8,10,14-17H2,1-2H3,(H,25,28);(H,6,7). The summed E-state index contributed by atoms with van der Waals surface area (Å²) >= 11 is 6.20. The molecule has 1 unspecified atom stereocenters. The highest BCUT2D eigenvalue weighted by molar-refractivity contribution is 7.89. The van der Waals surface area contributed by atoms with Crippen molar-refractivity contribution in [2.24, 2.45) is 5.92 Å². The number of piperidine rings is 1. The van der Waals surface area contributed by atoms with Gasteiger partial charge in [-0.25, -0.2) is 13.2 Å². The van der Waals surface area contributed by atoms with Gasteiger partial charge in [0.15, 0.2) is 0 Å². The number of alkyl halides is 3. The molecule has 0 radical (unpaired) electrons. The maximum Gasteiger partial charge on any atom is 0.490 e. The number of carbonyl (C=O) groups excluding carboxylic acids is 1. The second-order valence-electron chi connectivity index (χ2n) is 8.79. The molecule has 0 aromatic heterocycles. The van der Waals surface area contributed by atoms with Gasteiger partial charge in [0.2, 0.25) is 15.9 Å². The predicted octanol–water partition coefficient (Wildman–Crippen LogP) is 4.33. The number of nitrogens with zero attached hydrogens (tertiary/aromatic N) is 2. The molecule has 1 aliphatic heterocycles. The molecule has 3 rings (SSSR count). The first-order valence-corrected chi connectivity index (χ1v) is 13.7. The van der Waals surface area contributed by atoms with Gasteiger partial charge in [-0.15, -0.1) is 0 Å². The van der Waals surface area contributed by atoms with E-state index in [1.807, 2.05) is 25.2 Å². The first-order chi connectivity index (χ1) is 17.7. The summed E-state index contributed by atoms with van der Waals surface area (Å²) in [6.07, 6.45) is -2.94. The summed E-state index contributed by atoms with van der Waals surface area (Å²) in [6, 6.07) is 15.1. The Balaban J connectivity index is 0.000000638. The van der Waals surface area contributed by atoms with E-state index in [4.69, 9.17) is 21.5 Å². The number of hydrogen-bond donors (Lipinski definition) is 2. The SMILES string of the molecule is Cc1cccc(Cl)c1S(=O)(=O)N1CCCC(C(=O)NCCCN(C)c2ccccc2)C1.O=C(O)C(F)(F)F. The molecule has 0 saturated carbocycles. The average Bonchev–Trinajstić information content (AvgIpc) is 2.86. The molecule has 1 heterocycles. The number of aliphatic carboxylic acids is 1. The molecule has 38 heavy (non-hydrogen) atoms. The highest BCUT2D eigenvalue weighted by Crippen LogP contribution is 2.30. The third-order valence-electron chi connectivity index (χ3n) is 5.93. The Morgan fingerprint density at radius 2 is 1.79 bits per heavy atom. The Morgan fingerprint density at radius 1 is 1.16 bits per heavy atom. The average molecular weight is 578 g/mol. The lowest BCUT2D eigenvalue weighted by molar-refractivity contribution is -0.192. The van der Waals surface area contributed by atoms with Crippen LogP contribution in [0.25, 0.3) is 0 Å². The van der Waals surface area contributed by atoms with Gasteiger partial charge in [-0.05, 0) is 49.9 Å². The van der Waals surface area contributed by atoms with Crippen LogP contribution in [0, 0.1) is 12.8 Å². The zero-order chi connectivity index (χ0) is 28.5. The second-order valence-corrected chi connectivity index (χ2v) is 11.1. The molecule has 1 amide bonds. The lowest BCUT2D eigenvalue weighted by atomic mass is 9.99. The Bertz CT molecular complexity index is 1180. The molecule has 0 aliphatic carbocycles. The van der Waals surface area contributed by atoms with Crippen LogP contribution in [0.4, 0.5) is 18.9 Å². The first kappa shape index (κ1) is 31.4. The number of hydrogen-bond acceptors (Lipinski definition) is 5. The van der Waals surface area contributed by atoms with Gasteiger partial charge < -0.3 is 15.3 Å². The largest absolute Gasteiger partial charge is 0.490 e. The number of aryl methyl sites for hydroxylation is 1. The Kier molecular flexibility index (Phi) is 11.4. The van der Waals surface area contributed by atoms with Gasteiger partial charge in [0.05, 0.1) is 10.9 Å². The zero-order valence-electron chi connectivity index (χ0n) is 21.0. The fourth-order valence-electron chi connectivity index (χ4n) is 3.93. The van der Waals surface area contributed by atoms with Gasteiger partial charge in [0, 0.05) is 38.9 Å². The molecule has 13 heteroatoms. The van der Waals surface area contributed by atoms with Gasteiger partial charge in [-0.2, -0.15) is 17.5 Å². The highest BCUT2D eigenvalue weighted by Gasteiger charge is 2.38. The number of carbonyl (C=O) groups is 2. The topological polar surface area (TPSA) is 107 Å². The molecule has 210 valence electrons. The number of carboxylic acids is 1. The van der Waals surface area contributed by atoms with Crippen molar-refractivity contribution >= 4 is 39.2 Å². The maximum absolute atomic E-state index is 13.2. The third kappa shape index (κ3) is 8.88. The van der Waals surface area contributed by atoms with Crippen LogP contribution in [-0.4, -0.2) is 69.1 Å². The molecule has 0 spiro atoms. The van der Waals surface area contributed by atoms with E-state index in [2.05, 4.69) is 22.3 Å². The van der Waals surface area contributed by atoms with E-state index in [0.717, 1.165) is 18.7 Å². The van der Waals surface area contributed by atoms with Crippen LogP contribution >= 0.6 is 11.6 Å². The van der Waals surface area contributed by atoms with E-state index in [-0.39, 0.29) is 28.3 Å². The van der Waals surface area contributed by atoms with E-state index < -0.39 is 22.2 Å². The van der Waals surface area contributed by atoms with Gasteiger partial charge in [0.1, 0.15) is 4.90 Å². The minimum atomic E-state index is -5.08. The number of benzene rings is 2.